The molecule has 1 aromatic heterocycles. The summed E-state index contributed by atoms with van der Waals surface area (Å²) in [6.07, 6.45) is 0. The highest BCUT2D eigenvalue weighted by molar-refractivity contribution is 5.94. The summed E-state index contributed by atoms with van der Waals surface area (Å²) in [5.74, 6) is -1.63. The van der Waals surface area contributed by atoms with E-state index in [1.165, 1.54) is 18.2 Å². The number of anilines is 1. The van der Waals surface area contributed by atoms with Gasteiger partial charge in [0.2, 0.25) is 0 Å². The van der Waals surface area contributed by atoms with Gasteiger partial charge in [-0.15, -0.1) is 0 Å². The number of hydrogen-bond donors (Lipinski definition) is 3. The van der Waals surface area contributed by atoms with Crippen LogP contribution in [0, 0.1) is 5.82 Å². The molecule has 0 saturated carbocycles. The zero-order chi connectivity index (χ0) is 10.3. The average Bonchev–Trinajstić information content (AvgIpc) is 2.48. The van der Waals surface area contributed by atoms with Gasteiger partial charge in [-0.3, -0.25) is 0 Å². The van der Waals surface area contributed by atoms with E-state index in [0.29, 0.717) is 10.9 Å². The first-order chi connectivity index (χ1) is 6.58. The number of aromatic nitrogens is 1. The van der Waals surface area contributed by atoms with Crippen LogP contribution in [0.3, 0.4) is 0 Å². The predicted molar refractivity (Wildman–Crippen MR) is 49.6 cm³/mol. The van der Waals surface area contributed by atoms with Crippen LogP contribution in [0.2, 0.25) is 0 Å². The Labute approximate surface area is 78.1 Å². The van der Waals surface area contributed by atoms with E-state index < -0.39 is 11.8 Å². The Morgan fingerprint density at radius 2 is 2.14 bits per heavy atom. The number of benzene rings is 1. The Balaban J connectivity index is 2.72. The van der Waals surface area contributed by atoms with Gasteiger partial charge in [0, 0.05) is 10.9 Å². The first kappa shape index (κ1) is 8.55. The zero-order valence-electron chi connectivity index (χ0n) is 7.04. The van der Waals surface area contributed by atoms with Crippen LogP contribution in [0.4, 0.5) is 10.1 Å². The number of nitrogens with one attached hydrogen (secondary N) is 1. The largest absolute Gasteiger partial charge is 0.477 e. The van der Waals surface area contributed by atoms with Crippen LogP contribution in [0.5, 0.6) is 0 Å². The number of H-pyrrole nitrogens is 1. The molecule has 0 spiro atoms. The summed E-state index contributed by atoms with van der Waals surface area (Å²) >= 11 is 0. The van der Waals surface area contributed by atoms with Gasteiger partial charge in [-0.25, -0.2) is 9.18 Å². The molecule has 72 valence electrons. The molecule has 4 N–H and O–H groups in total. The normalized spacial score (nSPS) is 10.6. The number of carboxylic acids is 1. The van der Waals surface area contributed by atoms with E-state index in [2.05, 4.69) is 4.98 Å². The second-order valence-corrected chi connectivity index (χ2v) is 2.95. The fourth-order valence-corrected chi connectivity index (χ4v) is 1.28. The number of carboxylic acid groups (broad SMARTS) is 1. The SMILES string of the molecule is Nc1cc2[nH]c(C(=O)O)cc2cc1F. The van der Waals surface area contributed by atoms with Crippen LogP contribution < -0.4 is 5.73 Å². The van der Waals surface area contributed by atoms with Crippen molar-refractivity contribution in [2.24, 2.45) is 0 Å². The maximum atomic E-state index is 13.0. The van der Waals surface area contributed by atoms with Crippen LogP contribution in [0.15, 0.2) is 18.2 Å². The van der Waals surface area contributed by atoms with Gasteiger partial charge in [-0.05, 0) is 18.2 Å². The van der Waals surface area contributed by atoms with Crippen LogP contribution >= 0.6 is 0 Å². The van der Waals surface area contributed by atoms with Crippen molar-refractivity contribution in [2.45, 2.75) is 0 Å². The minimum Gasteiger partial charge on any atom is -0.477 e. The topological polar surface area (TPSA) is 79.1 Å². The minimum atomic E-state index is -1.08. The third-order valence-corrected chi connectivity index (χ3v) is 1.97. The Hall–Kier alpha value is -2.04. The number of fused-ring (bicyclic) bond motifs is 1. The van der Waals surface area contributed by atoms with Crippen molar-refractivity contribution < 1.29 is 14.3 Å². The predicted octanol–water partition coefficient (Wildman–Crippen LogP) is 1.59. The number of aromatic amines is 1. The van der Waals surface area contributed by atoms with E-state index in [0.717, 1.165) is 0 Å². The molecule has 0 unspecified atom stereocenters. The fourth-order valence-electron chi connectivity index (χ4n) is 1.28. The van der Waals surface area contributed by atoms with E-state index >= 15 is 0 Å². The van der Waals surface area contributed by atoms with E-state index in [1.807, 2.05) is 0 Å². The molecule has 2 rings (SSSR count). The molecule has 1 heterocycles. The second kappa shape index (κ2) is 2.73. The lowest BCUT2D eigenvalue weighted by Crippen LogP contribution is -1.94. The molecule has 0 radical (unpaired) electrons. The highest BCUT2D eigenvalue weighted by Crippen LogP contribution is 2.21. The molecule has 0 aliphatic heterocycles. The van der Waals surface area contributed by atoms with Crippen LogP contribution in [-0.4, -0.2) is 16.1 Å². The fraction of sp³-hybridized carbons (Fsp3) is 0. The summed E-state index contributed by atoms with van der Waals surface area (Å²) in [7, 11) is 0. The Morgan fingerprint density at radius 1 is 1.43 bits per heavy atom. The molecule has 1 aromatic carbocycles. The molecular weight excluding hydrogens is 187 g/mol. The first-order valence-electron chi connectivity index (χ1n) is 3.89. The van der Waals surface area contributed by atoms with Gasteiger partial charge in [0.1, 0.15) is 11.5 Å². The van der Waals surface area contributed by atoms with Crippen molar-refractivity contribution in [3.8, 4) is 0 Å². The minimum absolute atomic E-state index is 0.00344. The van der Waals surface area contributed by atoms with Gasteiger partial charge in [-0.1, -0.05) is 0 Å². The van der Waals surface area contributed by atoms with E-state index in [4.69, 9.17) is 10.8 Å². The van der Waals surface area contributed by atoms with Crippen molar-refractivity contribution in [2.75, 3.05) is 5.73 Å². The van der Waals surface area contributed by atoms with Crippen LogP contribution in [0.25, 0.3) is 10.9 Å². The van der Waals surface area contributed by atoms with E-state index in [-0.39, 0.29) is 11.4 Å². The highest BCUT2D eigenvalue weighted by atomic mass is 19.1. The van der Waals surface area contributed by atoms with Crippen LogP contribution in [-0.2, 0) is 0 Å². The third-order valence-electron chi connectivity index (χ3n) is 1.97. The maximum absolute atomic E-state index is 13.0. The molecule has 0 amide bonds. The van der Waals surface area contributed by atoms with Gasteiger partial charge >= 0.3 is 5.97 Å². The molecule has 5 heteroatoms. The summed E-state index contributed by atoms with van der Waals surface area (Å²) in [6, 6.07) is 3.94. The van der Waals surface area contributed by atoms with Gasteiger partial charge in [0.25, 0.3) is 0 Å². The molecule has 0 saturated heterocycles. The number of halogens is 1. The molecule has 0 aliphatic carbocycles. The summed E-state index contributed by atoms with van der Waals surface area (Å²) in [5.41, 5.74) is 5.86. The lowest BCUT2D eigenvalue weighted by Gasteiger charge is -1.95. The van der Waals surface area contributed by atoms with E-state index in [9.17, 15) is 9.18 Å². The average molecular weight is 194 g/mol. The van der Waals surface area contributed by atoms with E-state index in [1.54, 1.807) is 0 Å². The molecule has 0 fully saturated rings. The molecule has 0 aliphatic rings. The molecule has 0 atom stereocenters. The highest BCUT2D eigenvalue weighted by Gasteiger charge is 2.09. The van der Waals surface area contributed by atoms with Gasteiger partial charge in [-0.2, -0.15) is 0 Å². The number of aromatic carboxylic acids is 1. The summed E-state index contributed by atoms with van der Waals surface area (Å²) in [5, 5.41) is 9.16. The standard InChI is InChI=1S/C9H7FN2O2/c10-5-1-4-2-8(9(13)14)12-7(4)3-6(5)11/h1-3,12H,11H2,(H,13,14). The number of carbonyl (C=O) groups is 1. The zero-order valence-corrected chi connectivity index (χ0v) is 7.04. The molecular formula is C9H7FN2O2. The monoisotopic (exact) mass is 194 g/mol. The number of hydrogen-bond acceptors (Lipinski definition) is 2. The lowest BCUT2D eigenvalue weighted by molar-refractivity contribution is 0.0691. The Kier molecular flexibility index (Phi) is 1.67. The van der Waals surface area contributed by atoms with Gasteiger partial charge < -0.3 is 15.8 Å². The van der Waals surface area contributed by atoms with Crippen molar-refractivity contribution >= 4 is 22.6 Å². The molecule has 14 heavy (non-hydrogen) atoms. The van der Waals surface area contributed by atoms with Crippen molar-refractivity contribution in [1.82, 2.24) is 4.98 Å². The lowest BCUT2D eigenvalue weighted by atomic mass is 10.2. The van der Waals surface area contributed by atoms with Crippen LogP contribution in [0.1, 0.15) is 10.5 Å². The number of rotatable bonds is 1. The van der Waals surface area contributed by atoms with Crippen molar-refractivity contribution in [1.29, 1.82) is 0 Å². The van der Waals surface area contributed by atoms with Crippen molar-refractivity contribution in [3.05, 3.63) is 29.7 Å². The second-order valence-electron chi connectivity index (χ2n) is 2.95. The maximum Gasteiger partial charge on any atom is 0.352 e. The quantitative estimate of drug-likeness (QED) is 0.603. The molecule has 0 bridgehead atoms. The van der Waals surface area contributed by atoms with Gasteiger partial charge in [0.05, 0.1) is 5.69 Å². The van der Waals surface area contributed by atoms with Crippen molar-refractivity contribution in [3.63, 3.8) is 0 Å². The summed E-state index contributed by atoms with van der Waals surface area (Å²) < 4.78 is 13.0. The summed E-state index contributed by atoms with van der Waals surface area (Å²) in [4.78, 5) is 13.2. The number of nitrogens with two attached hydrogens (primary N) is 1. The molecule has 4 nitrogen and oxygen atoms in total. The Morgan fingerprint density at radius 3 is 2.79 bits per heavy atom. The third kappa shape index (κ3) is 1.19. The summed E-state index contributed by atoms with van der Waals surface area (Å²) in [6.45, 7) is 0. The van der Waals surface area contributed by atoms with Gasteiger partial charge in [0.15, 0.2) is 0 Å². The molecule has 2 aromatic rings. The smallest absolute Gasteiger partial charge is 0.352 e. The Bertz CT molecular complexity index is 480. The number of nitrogen functional groups attached to an aromatic ring is 1. The first-order valence-corrected chi connectivity index (χ1v) is 3.89.